The summed E-state index contributed by atoms with van der Waals surface area (Å²) in [5.41, 5.74) is 2.19. The molecule has 1 amide bonds. The summed E-state index contributed by atoms with van der Waals surface area (Å²) < 4.78 is 5.69. The summed E-state index contributed by atoms with van der Waals surface area (Å²) in [4.78, 5) is 16.2. The van der Waals surface area contributed by atoms with Crippen LogP contribution in [0.1, 0.15) is 37.8 Å². The number of rotatable bonds is 7. The van der Waals surface area contributed by atoms with Crippen LogP contribution in [0, 0.1) is 6.92 Å². The number of anilines is 1. The zero-order valence-corrected chi connectivity index (χ0v) is 14.7. The SMILES string of the molecule is CCSc1n[nH]c(NC(=O)COc2cc(C)ccc2C(C)C)n1. The predicted molar refractivity (Wildman–Crippen MR) is 92.2 cm³/mol. The number of hydrogen-bond acceptors (Lipinski definition) is 5. The number of carbonyl (C=O) groups is 1. The van der Waals surface area contributed by atoms with Crippen LogP contribution in [-0.2, 0) is 4.79 Å². The first-order valence-corrected chi connectivity index (χ1v) is 8.56. The first-order valence-electron chi connectivity index (χ1n) is 7.58. The second kappa shape index (κ2) is 8.01. The van der Waals surface area contributed by atoms with Gasteiger partial charge in [-0.2, -0.15) is 4.98 Å². The van der Waals surface area contributed by atoms with E-state index in [1.807, 2.05) is 32.0 Å². The molecule has 0 atom stereocenters. The van der Waals surface area contributed by atoms with E-state index in [0.29, 0.717) is 17.0 Å². The van der Waals surface area contributed by atoms with Crippen LogP contribution in [0.4, 0.5) is 5.95 Å². The quantitative estimate of drug-likeness (QED) is 0.759. The van der Waals surface area contributed by atoms with Crippen molar-refractivity contribution in [3.05, 3.63) is 29.3 Å². The lowest BCUT2D eigenvalue weighted by atomic mass is 10.0. The summed E-state index contributed by atoms with van der Waals surface area (Å²) in [6.45, 7) is 8.14. The van der Waals surface area contributed by atoms with Crippen LogP contribution in [0.2, 0.25) is 0 Å². The van der Waals surface area contributed by atoms with Gasteiger partial charge in [0.2, 0.25) is 11.1 Å². The maximum atomic E-state index is 12.0. The molecule has 0 aliphatic carbocycles. The molecule has 0 saturated heterocycles. The summed E-state index contributed by atoms with van der Waals surface area (Å²) in [6, 6.07) is 6.04. The lowest BCUT2D eigenvalue weighted by Gasteiger charge is -2.14. The van der Waals surface area contributed by atoms with Gasteiger partial charge in [-0.05, 0) is 35.8 Å². The Bertz CT molecular complexity index is 670. The van der Waals surface area contributed by atoms with Crippen LogP contribution in [0.15, 0.2) is 23.4 Å². The number of aryl methyl sites for hydroxylation is 1. The summed E-state index contributed by atoms with van der Waals surface area (Å²) in [6.07, 6.45) is 0. The lowest BCUT2D eigenvalue weighted by Crippen LogP contribution is -2.21. The normalized spacial score (nSPS) is 10.8. The number of hydrogen-bond donors (Lipinski definition) is 2. The molecule has 124 valence electrons. The molecule has 1 heterocycles. The monoisotopic (exact) mass is 334 g/mol. The van der Waals surface area contributed by atoms with E-state index in [1.54, 1.807) is 0 Å². The highest BCUT2D eigenvalue weighted by molar-refractivity contribution is 7.99. The molecular weight excluding hydrogens is 312 g/mol. The Morgan fingerprint density at radius 1 is 1.43 bits per heavy atom. The molecule has 0 radical (unpaired) electrons. The molecule has 0 spiro atoms. The van der Waals surface area contributed by atoms with Gasteiger partial charge < -0.3 is 4.74 Å². The van der Waals surface area contributed by atoms with Gasteiger partial charge in [-0.1, -0.05) is 44.7 Å². The Morgan fingerprint density at radius 3 is 2.91 bits per heavy atom. The van der Waals surface area contributed by atoms with Gasteiger partial charge in [0.05, 0.1) is 0 Å². The number of ether oxygens (including phenoxy) is 1. The molecule has 0 aliphatic rings. The maximum absolute atomic E-state index is 12.0. The van der Waals surface area contributed by atoms with Gasteiger partial charge >= 0.3 is 0 Å². The molecule has 2 N–H and O–H groups in total. The molecule has 23 heavy (non-hydrogen) atoms. The summed E-state index contributed by atoms with van der Waals surface area (Å²) in [5, 5.41) is 9.95. The Labute approximate surface area is 140 Å². The van der Waals surface area contributed by atoms with E-state index in [0.717, 1.165) is 22.6 Å². The molecule has 1 aromatic carbocycles. The van der Waals surface area contributed by atoms with Crippen LogP contribution in [0.3, 0.4) is 0 Å². The number of carbonyl (C=O) groups excluding carboxylic acids is 1. The topological polar surface area (TPSA) is 79.9 Å². The van der Waals surface area contributed by atoms with Crippen molar-refractivity contribution in [2.75, 3.05) is 17.7 Å². The number of benzene rings is 1. The fraction of sp³-hybridized carbons (Fsp3) is 0.438. The zero-order chi connectivity index (χ0) is 16.8. The van der Waals surface area contributed by atoms with E-state index in [1.165, 1.54) is 11.8 Å². The fourth-order valence-electron chi connectivity index (χ4n) is 2.05. The number of aromatic nitrogens is 3. The largest absolute Gasteiger partial charge is 0.483 e. The Balaban J connectivity index is 1.95. The average Bonchev–Trinajstić information content (AvgIpc) is 2.92. The van der Waals surface area contributed by atoms with Crippen LogP contribution in [0.5, 0.6) is 5.75 Å². The smallest absolute Gasteiger partial charge is 0.264 e. The second-order valence-electron chi connectivity index (χ2n) is 5.43. The van der Waals surface area contributed by atoms with Gasteiger partial charge in [0.1, 0.15) is 5.75 Å². The fourth-order valence-corrected chi connectivity index (χ4v) is 2.58. The Kier molecular flexibility index (Phi) is 6.04. The van der Waals surface area contributed by atoms with E-state index in [4.69, 9.17) is 4.74 Å². The van der Waals surface area contributed by atoms with Crippen LogP contribution in [-0.4, -0.2) is 33.4 Å². The van der Waals surface area contributed by atoms with E-state index in [9.17, 15) is 4.79 Å². The highest BCUT2D eigenvalue weighted by atomic mass is 32.2. The number of H-pyrrole nitrogens is 1. The van der Waals surface area contributed by atoms with Gasteiger partial charge in [0.25, 0.3) is 5.91 Å². The third kappa shape index (κ3) is 4.99. The highest BCUT2D eigenvalue weighted by Gasteiger charge is 2.12. The van der Waals surface area contributed by atoms with Gasteiger partial charge in [0.15, 0.2) is 6.61 Å². The summed E-state index contributed by atoms with van der Waals surface area (Å²) in [5.74, 6) is 2.01. The van der Waals surface area contributed by atoms with E-state index >= 15 is 0 Å². The van der Waals surface area contributed by atoms with Gasteiger partial charge in [-0.25, -0.2) is 5.10 Å². The highest BCUT2D eigenvalue weighted by Crippen LogP contribution is 2.27. The maximum Gasteiger partial charge on any atom is 0.264 e. The first-order chi connectivity index (χ1) is 11.0. The van der Waals surface area contributed by atoms with Crippen molar-refractivity contribution >= 4 is 23.6 Å². The molecule has 6 nitrogen and oxygen atoms in total. The van der Waals surface area contributed by atoms with Crippen molar-refractivity contribution in [2.24, 2.45) is 0 Å². The third-order valence-electron chi connectivity index (χ3n) is 3.15. The minimum atomic E-state index is -0.273. The molecule has 0 aliphatic heterocycles. The number of nitrogens with one attached hydrogen (secondary N) is 2. The van der Waals surface area contributed by atoms with Crippen LogP contribution >= 0.6 is 11.8 Å². The molecule has 1 aromatic heterocycles. The molecule has 0 unspecified atom stereocenters. The molecule has 2 aromatic rings. The molecule has 0 fully saturated rings. The summed E-state index contributed by atoms with van der Waals surface area (Å²) in [7, 11) is 0. The lowest BCUT2D eigenvalue weighted by molar-refractivity contribution is -0.118. The van der Waals surface area contributed by atoms with Crippen molar-refractivity contribution in [3.63, 3.8) is 0 Å². The number of thioether (sulfide) groups is 1. The minimum absolute atomic E-state index is 0.0693. The van der Waals surface area contributed by atoms with Crippen molar-refractivity contribution in [3.8, 4) is 5.75 Å². The average molecular weight is 334 g/mol. The molecule has 0 saturated carbocycles. The predicted octanol–water partition coefficient (Wildman–Crippen LogP) is 3.37. The number of amides is 1. The number of aromatic amines is 1. The molecule has 7 heteroatoms. The molecule has 0 bridgehead atoms. The minimum Gasteiger partial charge on any atom is -0.483 e. The van der Waals surface area contributed by atoms with Gasteiger partial charge in [-0.15, -0.1) is 5.10 Å². The van der Waals surface area contributed by atoms with E-state index < -0.39 is 0 Å². The zero-order valence-electron chi connectivity index (χ0n) is 13.8. The third-order valence-corrected chi connectivity index (χ3v) is 3.88. The Hall–Kier alpha value is -2.02. The van der Waals surface area contributed by atoms with Gasteiger partial charge in [0, 0.05) is 0 Å². The van der Waals surface area contributed by atoms with E-state index in [2.05, 4.69) is 34.3 Å². The van der Waals surface area contributed by atoms with Crippen molar-refractivity contribution in [1.82, 2.24) is 15.2 Å². The van der Waals surface area contributed by atoms with Crippen LogP contribution in [0.25, 0.3) is 0 Å². The first kappa shape index (κ1) is 17.3. The molecular formula is C16H22N4O2S. The van der Waals surface area contributed by atoms with Gasteiger partial charge in [-0.3, -0.25) is 10.1 Å². The molecule has 2 rings (SSSR count). The van der Waals surface area contributed by atoms with Crippen LogP contribution < -0.4 is 10.1 Å². The van der Waals surface area contributed by atoms with Crippen molar-refractivity contribution < 1.29 is 9.53 Å². The Morgan fingerprint density at radius 2 is 2.22 bits per heavy atom. The van der Waals surface area contributed by atoms with E-state index in [-0.39, 0.29) is 12.5 Å². The number of nitrogens with zero attached hydrogens (tertiary/aromatic N) is 2. The second-order valence-corrected chi connectivity index (χ2v) is 6.66. The van der Waals surface area contributed by atoms with Crippen molar-refractivity contribution in [2.45, 2.75) is 38.8 Å². The van der Waals surface area contributed by atoms with Crippen molar-refractivity contribution in [1.29, 1.82) is 0 Å². The summed E-state index contributed by atoms with van der Waals surface area (Å²) >= 11 is 1.50. The standard InChI is InChI=1S/C16H22N4O2S/c1-5-23-16-18-15(19-20-16)17-14(21)9-22-13-8-11(4)6-7-12(13)10(2)3/h6-8,10H,5,9H2,1-4H3,(H2,17,18,19,20,21).